The lowest BCUT2D eigenvalue weighted by Gasteiger charge is -2.19. The fraction of sp³-hybridized carbons (Fsp3) is 1.00. The summed E-state index contributed by atoms with van der Waals surface area (Å²) in [6.07, 6.45) is 1.31. The maximum absolute atomic E-state index is 13.1. The van der Waals surface area contributed by atoms with Gasteiger partial charge in [-0.15, -0.1) is 0 Å². The lowest BCUT2D eigenvalue weighted by atomic mass is 9.94. The monoisotopic (exact) mass is 132 g/mol. The molecule has 0 aliphatic heterocycles. The molecule has 9 heavy (non-hydrogen) atoms. The van der Waals surface area contributed by atoms with E-state index in [-0.39, 0.29) is 0 Å². The van der Waals surface area contributed by atoms with Crippen LogP contribution >= 0.6 is 0 Å². The normalized spacial score (nSPS) is 18.0. The third-order valence-electron chi connectivity index (χ3n) is 1.57. The number of alkyl halides is 1. The van der Waals surface area contributed by atoms with Gasteiger partial charge in [0.1, 0.15) is 5.67 Å². The highest BCUT2D eigenvalue weighted by atomic mass is 19.1. The minimum atomic E-state index is -0.936. The highest BCUT2D eigenvalue weighted by Gasteiger charge is 2.20. The minimum absolute atomic E-state index is 0.472. The highest BCUT2D eigenvalue weighted by molar-refractivity contribution is 4.71. The van der Waals surface area contributed by atoms with Crippen molar-refractivity contribution >= 4 is 0 Å². The molecule has 0 saturated heterocycles. The zero-order chi connectivity index (χ0) is 7.49. The Morgan fingerprint density at radius 3 is 2.00 bits per heavy atom. The molecule has 0 amide bonds. The van der Waals surface area contributed by atoms with Crippen LogP contribution in [0.5, 0.6) is 0 Å². The Kier molecular flexibility index (Phi) is 3.16. The molecule has 0 rings (SSSR count). The molecule has 0 nitrogen and oxygen atoms in total. The van der Waals surface area contributed by atoms with Crippen LogP contribution in [-0.4, -0.2) is 5.67 Å². The van der Waals surface area contributed by atoms with Gasteiger partial charge in [-0.3, -0.25) is 0 Å². The molecule has 1 atom stereocenters. The van der Waals surface area contributed by atoms with Crippen LogP contribution in [0.3, 0.4) is 0 Å². The summed E-state index contributed by atoms with van der Waals surface area (Å²) in [4.78, 5) is 0. The van der Waals surface area contributed by atoms with Crippen molar-refractivity contribution in [2.24, 2.45) is 5.92 Å². The van der Waals surface area contributed by atoms with Gasteiger partial charge in [0.15, 0.2) is 0 Å². The van der Waals surface area contributed by atoms with E-state index in [0.29, 0.717) is 18.8 Å². The van der Waals surface area contributed by atoms with E-state index < -0.39 is 5.67 Å². The van der Waals surface area contributed by atoms with Crippen molar-refractivity contribution < 1.29 is 4.39 Å². The van der Waals surface area contributed by atoms with Gasteiger partial charge in [-0.25, -0.2) is 4.39 Å². The Labute approximate surface area is 57.5 Å². The third kappa shape index (κ3) is 4.43. The minimum Gasteiger partial charge on any atom is -0.244 e. The molecule has 0 spiro atoms. The summed E-state index contributed by atoms with van der Waals surface area (Å²) in [7, 11) is 0. The van der Waals surface area contributed by atoms with Gasteiger partial charge in [-0.2, -0.15) is 0 Å². The third-order valence-corrected chi connectivity index (χ3v) is 1.57. The summed E-state index contributed by atoms with van der Waals surface area (Å²) in [6, 6.07) is 0. The summed E-state index contributed by atoms with van der Waals surface area (Å²) in [5, 5.41) is 0. The lowest BCUT2D eigenvalue weighted by molar-refractivity contribution is 0.148. The fourth-order valence-electron chi connectivity index (χ4n) is 0.996. The molecule has 0 radical (unpaired) electrons. The van der Waals surface area contributed by atoms with Crippen molar-refractivity contribution in [3.63, 3.8) is 0 Å². The molecule has 0 saturated carbocycles. The van der Waals surface area contributed by atoms with E-state index in [9.17, 15) is 4.39 Å². The van der Waals surface area contributed by atoms with Crippen LogP contribution in [0.25, 0.3) is 0 Å². The average molecular weight is 132 g/mol. The fourth-order valence-corrected chi connectivity index (χ4v) is 0.996. The molecule has 0 aliphatic carbocycles. The van der Waals surface area contributed by atoms with Crippen LogP contribution in [0.2, 0.25) is 0 Å². The highest BCUT2D eigenvalue weighted by Crippen LogP contribution is 2.23. The second-order valence-electron chi connectivity index (χ2n) is 3.36. The lowest BCUT2D eigenvalue weighted by Crippen LogP contribution is -2.18. The molecule has 0 unspecified atom stereocenters. The summed E-state index contributed by atoms with van der Waals surface area (Å²) >= 11 is 0. The largest absolute Gasteiger partial charge is 0.244 e. The summed E-state index contributed by atoms with van der Waals surface area (Å²) in [5.41, 5.74) is -0.936. The smallest absolute Gasteiger partial charge is 0.108 e. The first kappa shape index (κ1) is 8.93. The Hall–Kier alpha value is -0.0700. The van der Waals surface area contributed by atoms with Crippen LogP contribution in [0.15, 0.2) is 0 Å². The van der Waals surface area contributed by atoms with Gasteiger partial charge in [0.25, 0.3) is 0 Å². The standard InChI is InChI=1S/C8H17F/c1-5-8(4,9)6-7(2)3/h7H,5-6H2,1-4H3/t8-/m1/s1. The number of halogens is 1. The quantitative estimate of drug-likeness (QED) is 0.553. The van der Waals surface area contributed by atoms with E-state index in [0.717, 1.165) is 0 Å². The second-order valence-corrected chi connectivity index (χ2v) is 3.36. The molecular formula is C8H17F. The van der Waals surface area contributed by atoms with E-state index in [4.69, 9.17) is 0 Å². The Balaban J connectivity index is 3.58. The first-order valence-corrected chi connectivity index (χ1v) is 3.67. The molecular weight excluding hydrogens is 115 g/mol. The summed E-state index contributed by atoms with van der Waals surface area (Å²) in [6.45, 7) is 7.66. The Bertz CT molecular complexity index is 74.6. The molecule has 0 aromatic carbocycles. The van der Waals surface area contributed by atoms with E-state index in [1.807, 2.05) is 20.8 Å². The topological polar surface area (TPSA) is 0 Å². The predicted molar refractivity (Wildman–Crippen MR) is 39.3 cm³/mol. The molecule has 56 valence electrons. The SMILES string of the molecule is CC[C@@](C)(F)CC(C)C. The van der Waals surface area contributed by atoms with Gasteiger partial charge in [0, 0.05) is 0 Å². The zero-order valence-corrected chi connectivity index (χ0v) is 6.87. The maximum atomic E-state index is 13.1. The molecule has 0 bridgehead atoms. The summed E-state index contributed by atoms with van der Waals surface area (Å²) in [5.74, 6) is 0.472. The van der Waals surface area contributed by atoms with Gasteiger partial charge in [-0.1, -0.05) is 20.8 Å². The molecule has 1 heteroatoms. The van der Waals surface area contributed by atoms with Crippen LogP contribution in [0.4, 0.5) is 4.39 Å². The van der Waals surface area contributed by atoms with Gasteiger partial charge < -0.3 is 0 Å². The molecule has 0 heterocycles. The molecule has 0 fully saturated rings. The number of hydrogen-bond donors (Lipinski definition) is 0. The number of hydrogen-bond acceptors (Lipinski definition) is 0. The van der Waals surface area contributed by atoms with Gasteiger partial charge in [0.2, 0.25) is 0 Å². The Morgan fingerprint density at radius 1 is 1.44 bits per heavy atom. The van der Waals surface area contributed by atoms with E-state index in [1.54, 1.807) is 6.92 Å². The average Bonchev–Trinajstić information content (AvgIpc) is 1.63. The van der Waals surface area contributed by atoms with Crippen molar-refractivity contribution in [2.75, 3.05) is 0 Å². The van der Waals surface area contributed by atoms with Gasteiger partial charge in [-0.05, 0) is 25.7 Å². The molecule has 0 aromatic heterocycles. The van der Waals surface area contributed by atoms with E-state index in [2.05, 4.69) is 0 Å². The molecule has 0 aromatic rings. The first-order valence-electron chi connectivity index (χ1n) is 3.67. The van der Waals surface area contributed by atoms with Crippen LogP contribution in [0.1, 0.15) is 40.5 Å². The van der Waals surface area contributed by atoms with Crippen molar-refractivity contribution in [1.82, 2.24) is 0 Å². The van der Waals surface area contributed by atoms with Crippen molar-refractivity contribution in [3.8, 4) is 0 Å². The second kappa shape index (κ2) is 3.19. The van der Waals surface area contributed by atoms with Crippen molar-refractivity contribution in [2.45, 2.75) is 46.2 Å². The Morgan fingerprint density at radius 2 is 1.89 bits per heavy atom. The van der Waals surface area contributed by atoms with Crippen LogP contribution in [-0.2, 0) is 0 Å². The zero-order valence-electron chi connectivity index (χ0n) is 6.87. The van der Waals surface area contributed by atoms with Crippen LogP contribution in [0, 0.1) is 5.92 Å². The molecule has 0 N–H and O–H groups in total. The predicted octanol–water partition coefficient (Wildman–Crippen LogP) is 3.17. The maximum Gasteiger partial charge on any atom is 0.108 e. The van der Waals surface area contributed by atoms with Crippen molar-refractivity contribution in [1.29, 1.82) is 0 Å². The first-order chi connectivity index (χ1) is 3.98. The van der Waals surface area contributed by atoms with Crippen LogP contribution < -0.4 is 0 Å². The van der Waals surface area contributed by atoms with Gasteiger partial charge >= 0.3 is 0 Å². The van der Waals surface area contributed by atoms with E-state index in [1.165, 1.54) is 0 Å². The summed E-state index contributed by atoms with van der Waals surface area (Å²) < 4.78 is 13.1. The molecule has 0 aliphatic rings. The van der Waals surface area contributed by atoms with Gasteiger partial charge in [0.05, 0.1) is 0 Å². The number of rotatable bonds is 3. The van der Waals surface area contributed by atoms with E-state index >= 15 is 0 Å². The van der Waals surface area contributed by atoms with Crippen molar-refractivity contribution in [3.05, 3.63) is 0 Å².